The molecule has 0 aromatic heterocycles. The summed E-state index contributed by atoms with van der Waals surface area (Å²) in [5.74, 6) is -1.84. The summed E-state index contributed by atoms with van der Waals surface area (Å²) in [4.78, 5) is 26.0. The van der Waals surface area contributed by atoms with Crippen LogP contribution in [0.3, 0.4) is 0 Å². The van der Waals surface area contributed by atoms with Gasteiger partial charge >= 0.3 is 5.97 Å². The molecule has 2 saturated heterocycles. The van der Waals surface area contributed by atoms with E-state index >= 15 is 0 Å². The predicted octanol–water partition coefficient (Wildman–Crippen LogP) is 0.263. The van der Waals surface area contributed by atoms with Crippen molar-refractivity contribution in [3.8, 4) is 0 Å². The van der Waals surface area contributed by atoms with Crippen LogP contribution >= 0.6 is 11.8 Å². The Morgan fingerprint density at radius 3 is 2.88 bits per heavy atom. The fourth-order valence-corrected chi connectivity index (χ4v) is 5.35. The van der Waals surface area contributed by atoms with Crippen LogP contribution in [0.25, 0.3) is 0 Å². The molecule has 138 valence electrons. The Labute approximate surface area is 151 Å². The summed E-state index contributed by atoms with van der Waals surface area (Å²) >= 11 is 1.55. The number of hydrogen-bond donors (Lipinski definition) is 4. The van der Waals surface area contributed by atoms with Gasteiger partial charge in [-0.25, -0.2) is 4.79 Å². The van der Waals surface area contributed by atoms with Crippen LogP contribution < -0.4 is 11.1 Å². The first-order valence-electron chi connectivity index (χ1n) is 8.58. The van der Waals surface area contributed by atoms with Gasteiger partial charge in [0, 0.05) is 35.7 Å². The number of nitrogens with one attached hydrogen (secondary N) is 1. The number of fused-ring (bicyclic) bond motifs is 1. The number of aliphatic hydroxyl groups excluding tert-OH is 1. The summed E-state index contributed by atoms with van der Waals surface area (Å²) in [7, 11) is 0. The van der Waals surface area contributed by atoms with Gasteiger partial charge in [-0.2, -0.15) is 0 Å². The molecule has 5 atom stereocenters. The Morgan fingerprint density at radius 2 is 2.28 bits per heavy atom. The van der Waals surface area contributed by atoms with E-state index in [1.165, 1.54) is 4.90 Å². The minimum atomic E-state index is -1.07. The Morgan fingerprint density at radius 1 is 1.56 bits per heavy atom. The largest absolute Gasteiger partial charge is 0.477 e. The van der Waals surface area contributed by atoms with Crippen LogP contribution in [0.1, 0.15) is 26.7 Å². The summed E-state index contributed by atoms with van der Waals surface area (Å²) in [5, 5.41) is 23.0. The highest BCUT2D eigenvalue weighted by atomic mass is 32.2. The van der Waals surface area contributed by atoms with Gasteiger partial charge in [-0.1, -0.05) is 11.6 Å². The van der Waals surface area contributed by atoms with Gasteiger partial charge in [0.2, 0.25) is 5.91 Å². The van der Waals surface area contributed by atoms with E-state index in [0.29, 0.717) is 13.0 Å². The van der Waals surface area contributed by atoms with Gasteiger partial charge in [-0.3, -0.25) is 4.79 Å². The molecule has 0 aromatic carbocycles. The minimum Gasteiger partial charge on any atom is -0.477 e. The lowest BCUT2D eigenvalue weighted by molar-refractivity contribution is -0.161. The number of nitrogens with two attached hydrogens (primary N) is 1. The molecule has 2 fully saturated rings. The van der Waals surface area contributed by atoms with Crippen LogP contribution in [0.2, 0.25) is 0 Å². The Kier molecular flexibility index (Phi) is 5.24. The number of aliphatic hydroxyl groups is 1. The van der Waals surface area contributed by atoms with E-state index in [1.54, 1.807) is 18.7 Å². The molecule has 3 heterocycles. The van der Waals surface area contributed by atoms with Gasteiger partial charge in [0.15, 0.2) is 0 Å². The molecule has 25 heavy (non-hydrogen) atoms. The van der Waals surface area contributed by atoms with Crippen molar-refractivity contribution in [3.63, 3.8) is 0 Å². The maximum atomic E-state index is 12.2. The SMILES string of the molecule is C/C(=C/[C@@H]1C[C@H](SC2=C(C(=O)O)N3C(=O)[C@H]([C@@H](C)O)[C@H]3C2)CN1)CN. The van der Waals surface area contributed by atoms with E-state index < -0.39 is 18.0 Å². The lowest BCUT2D eigenvalue weighted by Crippen LogP contribution is -2.61. The average Bonchev–Trinajstić information content (AvgIpc) is 3.09. The quantitative estimate of drug-likeness (QED) is 0.393. The fraction of sp³-hybridized carbons (Fsp3) is 0.647. The van der Waals surface area contributed by atoms with E-state index in [-0.39, 0.29) is 28.9 Å². The topological polar surface area (TPSA) is 116 Å². The second kappa shape index (κ2) is 7.11. The summed E-state index contributed by atoms with van der Waals surface area (Å²) in [6.07, 6.45) is 2.79. The van der Waals surface area contributed by atoms with Gasteiger partial charge < -0.3 is 26.2 Å². The van der Waals surface area contributed by atoms with Gasteiger partial charge in [0.05, 0.1) is 18.1 Å². The molecule has 0 unspecified atom stereocenters. The first-order valence-corrected chi connectivity index (χ1v) is 9.46. The predicted molar refractivity (Wildman–Crippen MR) is 95.7 cm³/mol. The van der Waals surface area contributed by atoms with Gasteiger partial charge in [0.25, 0.3) is 0 Å². The Hall–Kier alpha value is -1.35. The molecule has 7 nitrogen and oxygen atoms in total. The molecule has 0 saturated carbocycles. The normalized spacial score (nSPS) is 33.5. The second-order valence-corrected chi connectivity index (χ2v) is 8.43. The van der Waals surface area contributed by atoms with E-state index in [0.717, 1.165) is 23.4 Å². The highest BCUT2D eigenvalue weighted by Gasteiger charge is 2.57. The molecule has 1 amide bonds. The number of rotatable bonds is 6. The van der Waals surface area contributed by atoms with Gasteiger partial charge in [-0.15, -0.1) is 11.8 Å². The lowest BCUT2D eigenvalue weighted by Gasteiger charge is -2.44. The molecule has 8 heteroatoms. The second-order valence-electron chi connectivity index (χ2n) is 7.03. The number of β-lactam (4-membered cyclic amide) rings is 1. The van der Waals surface area contributed by atoms with Crippen molar-refractivity contribution >= 4 is 23.6 Å². The number of carbonyl (C=O) groups excluding carboxylic acids is 1. The fourth-order valence-electron chi connectivity index (χ4n) is 3.90. The monoisotopic (exact) mass is 367 g/mol. The Balaban J connectivity index is 1.70. The number of nitrogens with zero attached hydrogens (tertiary/aromatic N) is 1. The van der Waals surface area contributed by atoms with Crippen molar-refractivity contribution in [2.45, 2.75) is 50.1 Å². The third-order valence-corrected chi connectivity index (χ3v) is 6.47. The average molecular weight is 367 g/mol. The molecule has 0 aromatic rings. The third kappa shape index (κ3) is 3.36. The number of amides is 1. The number of aliphatic carboxylic acids is 1. The number of carboxylic acid groups (broad SMARTS) is 1. The maximum Gasteiger partial charge on any atom is 0.353 e. The summed E-state index contributed by atoms with van der Waals surface area (Å²) < 4.78 is 0. The summed E-state index contributed by atoms with van der Waals surface area (Å²) in [6.45, 7) is 4.91. The van der Waals surface area contributed by atoms with E-state index in [9.17, 15) is 19.8 Å². The van der Waals surface area contributed by atoms with Crippen molar-refractivity contribution in [3.05, 3.63) is 22.3 Å². The zero-order valence-electron chi connectivity index (χ0n) is 14.4. The third-order valence-electron chi connectivity index (χ3n) is 5.13. The molecule has 0 bridgehead atoms. The number of thioether (sulfide) groups is 1. The maximum absolute atomic E-state index is 12.2. The summed E-state index contributed by atoms with van der Waals surface area (Å²) in [6, 6.07) is 0.0332. The molecular formula is C17H25N3O4S. The van der Waals surface area contributed by atoms with E-state index in [1.807, 2.05) is 6.92 Å². The standard InChI is InChI=1S/C17H25N3O4S/c1-8(6-18)3-10-4-11(7-19-10)25-13-5-12-14(9(2)21)16(22)20(12)15(13)17(23)24/h3,9-12,14,19,21H,4-7,18H2,1-2H3,(H,23,24)/b8-3-/t9-,10-,11+,12-,14-/m1/s1. The number of carbonyl (C=O) groups is 2. The molecule has 3 aliphatic rings. The molecule has 0 aliphatic carbocycles. The molecular weight excluding hydrogens is 342 g/mol. The van der Waals surface area contributed by atoms with Crippen molar-refractivity contribution in [1.82, 2.24) is 10.2 Å². The van der Waals surface area contributed by atoms with Crippen molar-refractivity contribution < 1.29 is 19.8 Å². The first kappa shape index (κ1) is 18.4. The van der Waals surface area contributed by atoms with Gasteiger partial charge in [-0.05, 0) is 20.3 Å². The molecule has 0 radical (unpaired) electrons. The summed E-state index contributed by atoms with van der Waals surface area (Å²) in [5.41, 5.74) is 6.86. The van der Waals surface area contributed by atoms with Crippen LogP contribution in [0.5, 0.6) is 0 Å². The van der Waals surface area contributed by atoms with E-state index in [2.05, 4.69) is 11.4 Å². The first-order chi connectivity index (χ1) is 11.8. The molecule has 5 N–H and O–H groups in total. The van der Waals surface area contributed by atoms with Crippen LogP contribution in [0, 0.1) is 5.92 Å². The Bertz CT molecular complexity index is 646. The van der Waals surface area contributed by atoms with Crippen LogP contribution in [-0.4, -0.2) is 63.5 Å². The van der Waals surface area contributed by atoms with Crippen molar-refractivity contribution in [2.75, 3.05) is 13.1 Å². The number of hydrogen-bond acceptors (Lipinski definition) is 6. The number of carboxylic acids is 1. The van der Waals surface area contributed by atoms with Crippen LogP contribution in [-0.2, 0) is 9.59 Å². The zero-order chi connectivity index (χ0) is 18.3. The van der Waals surface area contributed by atoms with E-state index in [4.69, 9.17) is 5.73 Å². The molecule has 3 rings (SSSR count). The lowest BCUT2D eigenvalue weighted by atomic mass is 9.83. The smallest absolute Gasteiger partial charge is 0.353 e. The van der Waals surface area contributed by atoms with Crippen molar-refractivity contribution in [1.29, 1.82) is 0 Å². The molecule has 3 aliphatic heterocycles. The molecule has 0 spiro atoms. The highest BCUT2D eigenvalue weighted by Crippen LogP contribution is 2.48. The van der Waals surface area contributed by atoms with Gasteiger partial charge in [0.1, 0.15) is 5.70 Å². The van der Waals surface area contributed by atoms with Crippen LogP contribution in [0.4, 0.5) is 0 Å². The van der Waals surface area contributed by atoms with Crippen molar-refractivity contribution in [2.24, 2.45) is 11.7 Å². The van der Waals surface area contributed by atoms with Crippen LogP contribution in [0.15, 0.2) is 22.3 Å². The zero-order valence-corrected chi connectivity index (χ0v) is 15.3. The minimum absolute atomic E-state index is 0.106. The highest BCUT2D eigenvalue weighted by molar-refractivity contribution is 8.03.